The van der Waals surface area contributed by atoms with Gasteiger partial charge in [-0.15, -0.1) is 0 Å². The number of hydrogen-bond donors (Lipinski definition) is 1. The molecular formula is C14H12F6O8S2. The topological polar surface area (TPSA) is 124 Å². The number of benzene rings is 1. The molecule has 8 nitrogen and oxygen atoms in total. The highest BCUT2D eigenvalue weighted by atomic mass is 32.2. The summed E-state index contributed by atoms with van der Waals surface area (Å²) in [5.74, 6) is -8.21. The first kappa shape index (κ1) is 25.9. The van der Waals surface area contributed by atoms with Gasteiger partial charge >= 0.3 is 42.6 Å². The number of carbonyl (C=O) groups excluding carboxylic acids is 1. The Morgan fingerprint density at radius 3 is 1.90 bits per heavy atom. The molecule has 0 radical (unpaired) electrons. The fourth-order valence-electron chi connectivity index (χ4n) is 1.68. The Balaban J connectivity index is 2.84. The van der Waals surface area contributed by atoms with Crippen LogP contribution < -0.4 is 0 Å². The van der Waals surface area contributed by atoms with Crippen LogP contribution in [0.5, 0.6) is 0 Å². The minimum Gasteiger partial charge on any atom is -0.460 e. The zero-order valence-corrected chi connectivity index (χ0v) is 16.0. The van der Waals surface area contributed by atoms with Gasteiger partial charge in [0.05, 0.1) is 5.56 Å². The minimum atomic E-state index is -7.13. The van der Waals surface area contributed by atoms with Crippen molar-refractivity contribution in [2.24, 2.45) is 0 Å². The summed E-state index contributed by atoms with van der Waals surface area (Å²) in [4.78, 5) is 11.7. The molecule has 0 unspecified atom stereocenters. The molecule has 0 bridgehead atoms. The van der Waals surface area contributed by atoms with Crippen molar-refractivity contribution >= 4 is 32.3 Å². The summed E-state index contributed by atoms with van der Waals surface area (Å²) in [5, 5.41) is -13.7. The highest BCUT2D eigenvalue weighted by Gasteiger charge is 2.82. The number of rotatable bonds is 10. The third-order valence-corrected chi connectivity index (χ3v) is 5.57. The Morgan fingerprint density at radius 1 is 0.967 bits per heavy atom. The Bertz CT molecular complexity index is 1000. The maximum absolute atomic E-state index is 13.5. The van der Waals surface area contributed by atoms with Gasteiger partial charge in [-0.25, -0.2) is 4.79 Å². The maximum atomic E-state index is 13.5. The van der Waals surface area contributed by atoms with Gasteiger partial charge in [0.1, 0.15) is 13.2 Å². The number of halogens is 6. The molecule has 30 heavy (non-hydrogen) atoms. The molecule has 1 rings (SSSR count). The first-order valence-corrected chi connectivity index (χ1v) is 10.2. The van der Waals surface area contributed by atoms with Crippen molar-refractivity contribution in [3.63, 3.8) is 0 Å². The monoisotopic (exact) mass is 486 g/mol. The summed E-state index contributed by atoms with van der Waals surface area (Å²) in [6.45, 7) is 0.872. The second kappa shape index (κ2) is 8.52. The van der Waals surface area contributed by atoms with E-state index in [1.807, 2.05) is 0 Å². The van der Waals surface area contributed by atoms with Crippen LogP contribution in [0.25, 0.3) is 6.08 Å². The van der Waals surface area contributed by atoms with Crippen LogP contribution in [0.1, 0.15) is 15.9 Å². The van der Waals surface area contributed by atoms with Crippen LogP contribution >= 0.6 is 0 Å². The van der Waals surface area contributed by atoms with E-state index in [0.29, 0.717) is 5.56 Å². The highest BCUT2D eigenvalue weighted by Crippen LogP contribution is 2.50. The number of hydrogen-bond acceptors (Lipinski definition) is 7. The van der Waals surface area contributed by atoms with Crippen molar-refractivity contribution in [2.75, 3.05) is 13.2 Å². The standard InChI is InChI=1S/C14H12F6O8S2/c1-2-9-3-5-10(6-4-9)11(21)27-7-8-28-30(25,26)14(19,20)12(15,16)13(17,18)29(22,23)24/h2-6H,1,7-8H2,(H,22,23,24). The van der Waals surface area contributed by atoms with Crippen molar-refractivity contribution in [2.45, 2.75) is 16.4 Å². The van der Waals surface area contributed by atoms with Crippen LogP contribution in [0.3, 0.4) is 0 Å². The van der Waals surface area contributed by atoms with Crippen LogP contribution in [0.15, 0.2) is 30.8 Å². The second-order valence-corrected chi connectivity index (χ2v) is 8.44. The molecule has 0 amide bonds. The molecule has 1 aromatic rings. The van der Waals surface area contributed by atoms with Crippen molar-refractivity contribution in [1.82, 2.24) is 0 Å². The average Bonchev–Trinajstić information content (AvgIpc) is 2.63. The van der Waals surface area contributed by atoms with Crippen LogP contribution in [-0.4, -0.2) is 57.0 Å². The summed E-state index contributed by atoms with van der Waals surface area (Å²) in [7, 11) is -14.0. The van der Waals surface area contributed by atoms with Gasteiger partial charge in [0.25, 0.3) is 0 Å². The number of ether oxygens (including phenoxy) is 1. The van der Waals surface area contributed by atoms with E-state index in [9.17, 15) is 48.0 Å². The average molecular weight is 486 g/mol. The van der Waals surface area contributed by atoms with Gasteiger partial charge in [-0.1, -0.05) is 24.8 Å². The molecule has 0 aliphatic heterocycles. The van der Waals surface area contributed by atoms with Crippen LogP contribution in [-0.2, 0) is 29.2 Å². The fourth-order valence-corrected chi connectivity index (χ4v) is 3.07. The van der Waals surface area contributed by atoms with Gasteiger partial charge < -0.3 is 4.74 Å². The Kier molecular flexibility index (Phi) is 7.35. The summed E-state index contributed by atoms with van der Waals surface area (Å²) >= 11 is 0. The van der Waals surface area contributed by atoms with Crippen LogP contribution in [0.4, 0.5) is 26.3 Å². The van der Waals surface area contributed by atoms with Gasteiger partial charge in [0, 0.05) is 0 Å². The molecule has 1 N–H and O–H groups in total. The third kappa shape index (κ3) is 4.76. The maximum Gasteiger partial charge on any atom is 0.439 e. The molecule has 0 spiro atoms. The summed E-state index contributed by atoms with van der Waals surface area (Å²) in [5.41, 5.74) is 0.541. The number of carbonyl (C=O) groups is 1. The van der Waals surface area contributed by atoms with E-state index < -0.39 is 55.9 Å². The number of esters is 1. The van der Waals surface area contributed by atoms with E-state index in [1.54, 1.807) is 0 Å². The Hall–Kier alpha value is -2.17. The van der Waals surface area contributed by atoms with E-state index in [4.69, 9.17) is 4.55 Å². The summed E-state index contributed by atoms with van der Waals surface area (Å²) in [6.07, 6.45) is 1.44. The lowest BCUT2D eigenvalue weighted by atomic mass is 10.1. The van der Waals surface area contributed by atoms with E-state index in [1.165, 1.54) is 30.3 Å². The molecule has 0 saturated heterocycles. The first-order valence-electron chi connectivity index (χ1n) is 7.31. The summed E-state index contributed by atoms with van der Waals surface area (Å²) in [6, 6.07) is 5.37. The lowest BCUT2D eigenvalue weighted by Crippen LogP contribution is -2.60. The lowest BCUT2D eigenvalue weighted by molar-refractivity contribution is -0.248. The predicted octanol–water partition coefficient (Wildman–Crippen LogP) is 2.54. The lowest BCUT2D eigenvalue weighted by Gasteiger charge is -2.29. The predicted molar refractivity (Wildman–Crippen MR) is 88.1 cm³/mol. The molecular weight excluding hydrogens is 474 g/mol. The van der Waals surface area contributed by atoms with E-state index >= 15 is 0 Å². The zero-order chi connectivity index (χ0) is 23.6. The zero-order valence-electron chi connectivity index (χ0n) is 14.4. The first-order chi connectivity index (χ1) is 13.4. The molecule has 170 valence electrons. The highest BCUT2D eigenvalue weighted by molar-refractivity contribution is 7.88. The SMILES string of the molecule is C=Cc1ccc(C(=O)OCCOS(=O)(=O)C(F)(F)C(F)(F)C(F)(F)S(=O)(=O)O)cc1. The number of alkyl halides is 6. The normalized spacial score (nSPS) is 13.7. The minimum absolute atomic E-state index is 0.0758. The second-order valence-electron chi connectivity index (χ2n) is 5.32. The molecule has 0 aliphatic rings. The van der Waals surface area contributed by atoms with E-state index in [2.05, 4.69) is 15.5 Å². The van der Waals surface area contributed by atoms with Crippen molar-refractivity contribution < 1.29 is 61.4 Å². The molecule has 1 aromatic carbocycles. The molecule has 0 aromatic heterocycles. The van der Waals surface area contributed by atoms with Crippen LogP contribution in [0.2, 0.25) is 0 Å². The van der Waals surface area contributed by atoms with Gasteiger partial charge in [0.2, 0.25) is 0 Å². The van der Waals surface area contributed by atoms with Crippen molar-refractivity contribution in [3.8, 4) is 0 Å². The molecule has 0 heterocycles. The van der Waals surface area contributed by atoms with Gasteiger partial charge in [-0.05, 0) is 17.7 Å². The summed E-state index contributed by atoms with van der Waals surface area (Å²) < 4.78 is 139. The molecule has 0 saturated carbocycles. The molecule has 0 fully saturated rings. The van der Waals surface area contributed by atoms with Gasteiger partial charge in [0.15, 0.2) is 0 Å². The molecule has 0 aliphatic carbocycles. The smallest absolute Gasteiger partial charge is 0.439 e. The quantitative estimate of drug-likeness (QED) is 0.176. The third-order valence-electron chi connectivity index (χ3n) is 3.31. The molecule has 0 atom stereocenters. The van der Waals surface area contributed by atoms with Gasteiger partial charge in [-0.3, -0.25) is 8.74 Å². The van der Waals surface area contributed by atoms with Crippen LogP contribution in [0, 0.1) is 0 Å². The fraction of sp³-hybridized carbons (Fsp3) is 0.357. The Morgan fingerprint density at radius 2 is 1.47 bits per heavy atom. The van der Waals surface area contributed by atoms with E-state index in [-0.39, 0.29) is 5.56 Å². The van der Waals surface area contributed by atoms with Gasteiger partial charge in [-0.2, -0.15) is 43.2 Å². The Labute approximate surface area is 166 Å². The largest absolute Gasteiger partial charge is 0.460 e. The van der Waals surface area contributed by atoms with Crippen molar-refractivity contribution in [3.05, 3.63) is 42.0 Å². The van der Waals surface area contributed by atoms with Crippen molar-refractivity contribution in [1.29, 1.82) is 0 Å². The van der Waals surface area contributed by atoms with E-state index in [0.717, 1.165) is 0 Å². The molecule has 16 heteroatoms.